The van der Waals surface area contributed by atoms with Crippen molar-refractivity contribution in [2.24, 2.45) is 5.92 Å². The summed E-state index contributed by atoms with van der Waals surface area (Å²) in [5.41, 5.74) is 0.789. The van der Waals surface area contributed by atoms with E-state index in [9.17, 15) is 9.59 Å². The van der Waals surface area contributed by atoms with Gasteiger partial charge in [-0.1, -0.05) is 11.6 Å². The fourth-order valence-corrected chi connectivity index (χ4v) is 3.36. The third kappa shape index (κ3) is 4.93. The summed E-state index contributed by atoms with van der Waals surface area (Å²) in [5.74, 6) is -0.339. The van der Waals surface area contributed by atoms with E-state index in [0.717, 1.165) is 45.0 Å². The zero-order valence-corrected chi connectivity index (χ0v) is 15.0. The molecule has 2 aliphatic heterocycles. The number of morpholine rings is 1. The SMILES string of the molecule is O=C(NCCCN1CCOCC1)C1CC(=O)N(c2ccc(Cl)cc2)C1. The maximum Gasteiger partial charge on any atom is 0.227 e. The van der Waals surface area contributed by atoms with Crippen molar-refractivity contribution in [2.45, 2.75) is 12.8 Å². The highest BCUT2D eigenvalue weighted by Gasteiger charge is 2.34. The first-order valence-corrected chi connectivity index (χ1v) is 9.15. The molecular weight excluding hydrogens is 342 g/mol. The molecule has 1 N–H and O–H groups in total. The Balaban J connectivity index is 1.42. The summed E-state index contributed by atoms with van der Waals surface area (Å²) in [5, 5.41) is 3.60. The molecule has 25 heavy (non-hydrogen) atoms. The molecule has 1 atom stereocenters. The highest BCUT2D eigenvalue weighted by Crippen LogP contribution is 2.26. The highest BCUT2D eigenvalue weighted by molar-refractivity contribution is 6.30. The van der Waals surface area contributed by atoms with E-state index in [-0.39, 0.29) is 24.2 Å². The van der Waals surface area contributed by atoms with Crippen molar-refractivity contribution < 1.29 is 14.3 Å². The van der Waals surface area contributed by atoms with Crippen LogP contribution in [0.5, 0.6) is 0 Å². The van der Waals surface area contributed by atoms with Crippen LogP contribution in [0.2, 0.25) is 5.02 Å². The molecule has 1 aromatic carbocycles. The Hall–Kier alpha value is -1.63. The summed E-state index contributed by atoms with van der Waals surface area (Å²) in [4.78, 5) is 28.5. The van der Waals surface area contributed by atoms with E-state index in [4.69, 9.17) is 16.3 Å². The van der Waals surface area contributed by atoms with Gasteiger partial charge in [0.2, 0.25) is 11.8 Å². The van der Waals surface area contributed by atoms with Gasteiger partial charge in [-0.05, 0) is 37.2 Å². The van der Waals surface area contributed by atoms with Crippen molar-refractivity contribution >= 4 is 29.1 Å². The quantitative estimate of drug-likeness (QED) is 0.777. The number of hydrogen-bond donors (Lipinski definition) is 1. The molecule has 1 aromatic rings. The van der Waals surface area contributed by atoms with Gasteiger partial charge in [-0.3, -0.25) is 14.5 Å². The first kappa shape index (κ1) is 18.2. The van der Waals surface area contributed by atoms with Crippen LogP contribution in [0.3, 0.4) is 0 Å². The standard InChI is InChI=1S/C18H24ClN3O3/c19-15-2-4-16(5-3-15)22-13-14(12-17(22)23)18(24)20-6-1-7-21-8-10-25-11-9-21/h2-5,14H,1,6-13H2,(H,20,24). The summed E-state index contributed by atoms with van der Waals surface area (Å²) < 4.78 is 5.32. The van der Waals surface area contributed by atoms with Crippen LogP contribution in [0.4, 0.5) is 5.69 Å². The molecule has 0 bridgehead atoms. The first-order chi connectivity index (χ1) is 12.1. The molecule has 0 radical (unpaired) electrons. The van der Waals surface area contributed by atoms with E-state index >= 15 is 0 Å². The predicted octanol–water partition coefficient (Wildman–Crippen LogP) is 1.53. The van der Waals surface area contributed by atoms with E-state index < -0.39 is 0 Å². The number of amides is 2. The van der Waals surface area contributed by atoms with E-state index in [2.05, 4.69) is 10.2 Å². The number of nitrogens with zero attached hydrogens (tertiary/aromatic N) is 2. The molecule has 0 aliphatic carbocycles. The Bertz CT molecular complexity index is 602. The van der Waals surface area contributed by atoms with Crippen molar-refractivity contribution in [3.63, 3.8) is 0 Å². The Labute approximate surface area is 153 Å². The molecule has 2 aliphatic rings. The lowest BCUT2D eigenvalue weighted by atomic mass is 10.1. The number of nitrogens with one attached hydrogen (secondary N) is 1. The van der Waals surface area contributed by atoms with Crippen molar-refractivity contribution in [1.82, 2.24) is 10.2 Å². The molecule has 7 heteroatoms. The lowest BCUT2D eigenvalue weighted by Gasteiger charge is -2.26. The van der Waals surface area contributed by atoms with Crippen LogP contribution in [0, 0.1) is 5.92 Å². The zero-order chi connectivity index (χ0) is 17.6. The Kier molecular flexibility index (Phi) is 6.29. The largest absolute Gasteiger partial charge is 0.379 e. The van der Waals surface area contributed by atoms with E-state index in [1.807, 2.05) is 12.1 Å². The molecule has 0 saturated carbocycles. The minimum atomic E-state index is -0.286. The Morgan fingerprint density at radius 2 is 1.96 bits per heavy atom. The average molecular weight is 366 g/mol. The van der Waals surface area contributed by atoms with Crippen molar-refractivity contribution in [3.8, 4) is 0 Å². The van der Waals surface area contributed by atoms with Gasteiger partial charge in [0.1, 0.15) is 0 Å². The summed E-state index contributed by atoms with van der Waals surface area (Å²) in [6, 6.07) is 7.12. The van der Waals surface area contributed by atoms with Gasteiger partial charge in [-0.15, -0.1) is 0 Å². The molecule has 136 valence electrons. The number of carbonyl (C=O) groups excluding carboxylic acids is 2. The van der Waals surface area contributed by atoms with Crippen molar-refractivity contribution in [3.05, 3.63) is 29.3 Å². The molecule has 0 spiro atoms. The van der Waals surface area contributed by atoms with Gasteiger partial charge in [0, 0.05) is 43.3 Å². The number of benzene rings is 1. The third-order valence-electron chi connectivity index (χ3n) is 4.69. The Morgan fingerprint density at radius 1 is 1.24 bits per heavy atom. The second-order valence-electron chi connectivity index (χ2n) is 6.48. The number of hydrogen-bond acceptors (Lipinski definition) is 4. The Morgan fingerprint density at radius 3 is 2.68 bits per heavy atom. The predicted molar refractivity (Wildman–Crippen MR) is 96.8 cm³/mol. The first-order valence-electron chi connectivity index (χ1n) is 8.77. The third-order valence-corrected chi connectivity index (χ3v) is 4.94. The van der Waals surface area contributed by atoms with Crippen LogP contribution in [0.1, 0.15) is 12.8 Å². The molecule has 2 amide bonds. The normalized spacial score (nSPS) is 21.6. The monoisotopic (exact) mass is 365 g/mol. The minimum Gasteiger partial charge on any atom is -0.379 e. The number of ether oxygens (including phenoxy) is 1. The molecule has 0 aromatic heterocycles. The number of rotatable bonds is 6. The summed E-state index contributed by atoms with van der Waals surface area (Å²) in [7, 11) is 0. The molecule has 2 saturated heterocycles. The molecular formula is C18H24ClN3O3. The second kappa shape index (κ2) is 8.65. The van der Waals surface area contributed by atoms with Crippen LogP contribution in [-0.4, -0.2) is 62.7 Å². The smallest absolute Gasteiger partial charge is 0.227 e. The minimum absolute atomic E-state index is 0.0178. The van der Waals surface area contributed by atoms with Gasteiger partial charge in [0.05, 0.1) is 19.1 Å². The fraction of sp³-hybridized carbons (Fsp3) is 0.556. The maximum absolute atomic E-state index is 12.3. The second-order valence-corrected chi connectivity index (χ2v) is 6.92. The van der Waals surface area contributed by atoms with E-state index in [1.54, 1.807) is 17.0 Å². The summed E-state index contributed by atoms with van der Waals surface area (Å²) in [6.45, 7) is 5.53. The van der Waals surface area contributed by atoms with Gasteiger partial charge in [-0.25, -0.2) is 0 Å². The van der Waals surface area contributed by atoms with Crippen LogP contribution in [-0.2, 0) is 14.3 Å². The van der Waals surface area contributed by atoms with E-state index in [1.165, 1.54) is 0 Å². The van der Waals surface area contributed by atoms with Crippen LogP contribution < -0.4 is 10.2 Å². The van der Waals surface area contributed by atoms with Crippen molar-refractivity contribution in [2.75, 3.05) is 50.8 Å². The van der Waals surface area contributed by atoms with Gasteiger partial charge in [-0.2, -0.15) is 0 Å². The molecule has 1 unspecified atom stereocenters. The molecule has 2 heterocycles. The van der Waals surface area contributed by atoms with Crippen LogP contribution >= 0.6 is 11.6 Å². The lowest BCUT2D eigenvalue weighted by molar-refractivity contribution is -0.126. The van der Waals surface area contributed by atoms with Gasteiger partial charge in [0.15, 0.2) is 0 Å². The number of carbonyl (C=O) groups is 2. The summed E-state index contributed by atoms with van der Waals surface area (Å²) >= 11 is 5.88. The lowest BCUT2D eigenvalue weighted by Crippen LogP contribution is -2.39. The fourth-order valence-electron chi connectivity index (χ4n) is 3.24. The van der Waals surface area contributed by atoms with Crippen LogP contribution in [0.15, 0.2) is 24.3 Å². The topological polar surface area (TPSA) is 61.9 Å². The van der Waals surface area contributed by atoms with Crippen LogP contribution in [0.25, 0.3) is 0 Å². The van der Waals surface area contributed by atoms with Gasteiger partial charge in [0.25, 0.3) is 0 Å². The molecule has 3 rings (SSSR count). The molecule has 6 nitrogen and oxygen atoms in total. The van der Waals surface area contributed by atoms with Crippen molar-refractivity contribution in [1.29, 1.82) is 0 Å². The average Bonchev–Trinajstić information content (AvgIpc) is 3.02. The van der Waals surface area contributed by atoms with Gasteiger partial charge >= 0.3 is 0 Å². The van der Waals surface area contributed by atoms with E-state index in [0.29, 0.717) is 18.1 Å². The highest BCUT2D eigenvalue weighted by atomic mass is 35.5. The number of halogens is 1. The maximum atomic E-state index is 12.3. The summed E-state index contributed by atoms with van der Waals surface area (Å²) in [6.07, 6.45) is 1.17. The number of anilines is 1. The molecule has 2 fully saturated rings. The van der Waals surface area contributed by atoms with Gasteiger partial charge < -0.3 is 15.0 Å². The zero-order valence-electron chi connectivity index (χ0n) is 14.2.